The zero-order valence-corrected chi connectivity index (χ0v) is 16.1. The van der Waals surface area contributed by atoms with Crippen LogP contribution in [0.15, 0.2) is 48.5 Å². The van der Waals surface area contributed by atoms with E-state index < -0.39 is 24.1 Å². The van der Waals surface area contributed by atoms with Gasteiger partial charge in [-0.1, -0.05) is 48.5 Å². The first-order valence-corrected chi connectivity index (χ1v) is 9.39. The monoisotopic (exact) mass is 397 g/mol. The molecule has 0 saturated heterocycles. The Labute approximate surface area is 168 Å². The Hall–Kier alpha value is -3.35. The topological polar surface area (TPSA) is 102 Å². The van der Waals surface area contributed by atoms with Gasteiger partial charge in [0.15, 0.2) is 0 Å². The van der Waals surface area contributed by atoms with E-state index in [0.29, 0.717) is 0 Å². The quantitative estimate of drug-likeness (QED) is 0.663. The van der Waals surface area contributed by atoms with Crippen molar-refractivity contribution in [1.82, 2.24) is 5.32 Å². The molecule has 1 aliphatic rings. The van der Waals surface area contributed by atoms with E-state index in [1.807, 2.05) is 48.5 Å². The van der Waals surface area contributed by atoms with Crippen molar-refractivity contribution in [2.45, 2.75) is 31.2 Å². The van der Waals surface area contributed by atoms with E-state index in [1.54, 1.807) is 0 Å². The molecular formula is C22H23NO6. The second kappa shape index (κ2) is 9.23. The summed E-state index contributed by atoms with van der Waals surface area (Å²) in [7, 11) is 1.26. The lowest BCUT2D eigenvalue weighted by Crippen LogP contribution is -2.37. The van der Waals surface area contributed by atoms with Crippen LogP contribution in [0.1, 0.15) is 36.3 Å². The lowest BCUT2D eigenvalue weighted by Gasteiger charge is -2.18. The molecule has 0 saturated carbocycles. The number of carboxylic acid groups (broad SMARTS) is 1. The van der Waals surface area contributed by atoms with Crippen LogP contribution in [-0.2, 0) is 19.1 Å². The van der Waals surface area contributed by atoms with Gasteiger partial charge in [0.1, 0.15) is 6.61 Å². The minimum Gasteiger partial charge on any atom is -0.481 e. The van der Waals surface area contributed by atoms with E-state index in [-0.39, 0.29) is 31.8 Å². The summed E-state index contributed by atoms with van der Waals surface area (Å²) in [4.78, 5) is 34.6. The van der Waals surface area contributed by atoms with Crippen molar-refractivity contribution in [2.24, 2.45) is 0 Å². The lowest BCUT2D eigenvalue weighted by molar-refractivity contribution is -0.142. The van der Waals surface area contributed by atoms with Crippen LogP contribution in [0, 0.1) is 0 Å². The molecule has 29 heavy (non-hydrogen) atoms. The zero-order chi connectivity index (χ0) is 20.8. The number of ether oxygens (including phenoxy) is 2. The number of carbonyl (C=O) groups excluding carboxylic acids is 2. The highest BCUT2D eigenvalue weighted by molar-refractivity contribution is 5.79. The number of methoxy groups -OCH3 is 1. The molecule has 1 amide bonds. The fourth-order valence-electron chi connectivity index (χ4n) is 3.64. The average molecular weight is 397 g/mol. The van der Waals surface area contributed by atoms with Gasteiger partial charge < -0.3 is 19.9 Å². The second-order valence-electron chi connectivity index (χ2n) is 6.88. The molecule has 0 aromatic heterocycles. The third kappa shape index (κ3) is 4.93. The number of amides is 1. The summed E-state index contributed by atoms with van der Waals surface area (Å²) < 4.78 is 9.99. The van der Waals surface area contributed by atoms with Crippen molar-refractivity contribution in [3.05, 3.63) is 59.7 Å². The minimum atomic E-state index is -1.07. The molecule has 1 aliphatic carbocycles. The summed E-state index contributed by atoms with van der Waals surface area (Å²) in [5.74, 6) is -1.62. The molecule has 0 fully saturated rings. The Morgan fingerprint density at radius 1 is 1.03 bits per heavy atom. The first-order valence-electron chi connectivity index (χ1n) is 9.39. The number of hydrogen-bond donors (Lipinski definition) is 2. The molecule has 7 heteroatoms. The first-order chi connectivity index (χ1) is 14.0. The van der Waals surface area contributed by atoms with Gasteiger partial charge in [0, 0.05) is 18.4 Å². The molecule has 3 rings (SSSR count). The number of hydrogen-bond acceptors (Lipinski definition) is 5. The molecule has 1 atom stereocenters. The van der Waals surface area contributed by atoms with Crippen LogP contribution in [0.2, 0.25) is 0 Å². The van der Waals surface area contributed by atoms with Crippen LogP contribution in [0.5, 0.6) is 0 Å². The third-order valence-corrected chi connectivity index (χ3v) is 5.01. The molecule has 2 aromatic carbocycles. The predicted molar refractivity (Wildman–Crippen MR) is 105 cm³/mol. The summed E-state index contributed by atoms with van der Waals surface area (Å²) in [5, 5.41) is 11.6. The van der Waals surface area contributed by atoms with Crippen LogP contribution in [0.3, 0.4) is 0 Å². The van der Waals surface area contributed by atoms with Gasteiger partial charge in [0.2, 0.25) is 0 Å². The van der Waals surface area contributed by atoms with E-state index in [1.165, 1.54) is 7.11 Å². The van der Waals surface area contributed by atoms with Crippen LogP contribution >= 0.6 is 0 Å². The molecule has 0 aliphatic heterocycles. The molecule has 0 unspecified atom stereocenters. The van der Waals surface area contributed by atoms with Crippen LogP contribution in [-0.4, -0.2) is 42.9 Å². The number of nitrogens with one attached hydrogen (secondary N) is 1. The van der Waals surface area contributed by atoms with E-state index >= 15 is 0 Å². The Balaban J connectivity index is 1.63. The number of fused-ring (bicyclic) bond motifs is 3. The molecule has 0 heterocycles. The van der Waals surface area contributed by atoms with Crippen molar-refractivity contribution in [1.29, 1.82) is 0 Å². The fraction of sp³-hybridized carbons (Fsp3) is 0.318. The Morgan fingerprint density at radius 3 is 2.17 bits per heavy atom. The average Bonchev–Trinajstić information content (AvgIpc) is 3.03. The fourth-order valence-corrected chi connectivity index (χ4v) is 3.64. The SMILES string of the molecule is COC(=O)CC[C@H](CC(=O)O)NC(=O)OCC1c2ccccc2-c2ccccc21. The van der Waals surface area contributed by atoms with Gasteiger partial charge in [0.05, 0.1) is 13.5 Å². The van der Waals surface area contributed by atoms with Gasteiger partial charge in [0.25, 0.3) is 0 Å². The molecular weight excluding hydrogens is 374 g/mol. The maximum atomic E-state index is 12.3. The predicted octanol–water partition coefficient (Wildman–Crippen LogP) is 3.32. The van der Waals surface area contributed by atoms with Crippen LogP contribution < -0.4 is 5.32 Å². The molecule has 2 aromatic rings. The highest BCUT2D eigenvalue weighted by Crippen LogP contribution is 2.44. The van der Waals surface area contributed by atoms with Gasteiger partial charge in [-0.15, -0.1) is 0 Å². The van der Waals surface area contributed by atoms with E-state index in [2.05, 4.69) is 10.1 Å². The summed E-state index contributed by atoms with van der Waals surface area (Å²) in [5.41, 5.74) is 4.43. The summed E-state index contributed by atoms with van der Waals surface area (Å²) in [6.07, 6.45) is -0.842. The number of carbonyl (C=O) groups is 3. The second-order valence-corrected chi connectivity index (χ2v) is 6.88. The summed E-state index contributed by atoms with van der Waals surface area (Å²) in [6, 6.07) is 15.3. The Kier molecular flexibility index (Phi) is 6.49. The first kappa shape index (κ1) is 20.4. The van der Waals surface area contributed by atoms with Gasteiger partial charge in [-0.05, 0) is 28.7 Å². The largest absolute Gasteiger partial charge is 0.481 e. The van der Waals surface area contributed by atoms with E-state index in [0.717, 1.165) is 22.3 Å². The minimum absolute atomic E-state index is 0.0120. The van der Waals surface area contributed by atoms with Gasteiger partial charge >= 0.3 is 18.0 Å². The number of carboxylic acids is 1. The van der Waals surface area contributed by atoms with Gasteiger partial charge in [-0.2, -0.15) is 0 Å². The molecule has 7 nitrogen and oxygen atoms in total. The highest BCUT2D eigenvalue weighted by atomic mass is 16.5. The molecule has 0 spiro atoms. The number of esters is 1. The van der Waals surface area contributed by atoms with Crippen LogP contribution in [0.4, 0.5) is 4.79 Å². The van der Waals surface area contributed by atoms with E-state index in [9.17, 15) is 14.4 Å². The van der Waals surface area contributed by atoms with Gasteiger partial charge in [-0.3, -0.25) is 9.59 Å². The van der Waals surface area contributed by atoms with Crippen molar-refractivity contribution in [2.75, 3.05) is 13.7 Å². The Bertz CT molecular complexity index is 864. The summed E-state index contributed by atoms with van der Waals surface area (Å²) >= 11 is 0. The number of benzene rings is 2. The van der Waals surface area contributed by atoms with E-state index in [4.69, 9.17) is 9.84 Å². The highest BCUT2D eigenvalue weighted by Gasteiger charge is 2.29. The molecule has 152 valence electrons. The molecule has 2 N–H and O–H groups in total. The lowest BCUT2D eigenvalue weighted by atomic mass is 9.98. The number of aliphatic carboxylic acids is 1. The van der Waals surface area contributed by atoms with Crippen LogP contribution in [0.25, 0.3) is 11.1 Å². The number of alkyl carbamates (subject to hydrolysis) is 1. The van der Waals surface area contributed by atoms with Crippen molar-refractivity contribution in [3.8, 4) is 11.1 Å². The zero-order valence-electron chi connectivity index (χ0n) is 16.1. The number of rotatable bonds is 8. The van der Waals surface area contributed by atoms with Crippen molar-refractivity contribution in [3.63, 3.8) is 0 Å². The molecule has 0 bridgehead atoms. The van der Waals surface area contributed by atoms with Crippen molar-refractivity contribution < 1.29 is 29.0 Å². The third-order valence-electron chi connectivity index (χ3n) is 5.01. The standard InChI is InChI=1S/C22H23NO6/c1-28-21(26)11-10-14(12-20(24)25)23-22(27)29-13-19-17-8-4-2-6-15(17)16-7-3-5-9-18(16)19/h2-9,14,19H,10-13H2,1H3,(H,23,27)(H,24,25)/t14-/m1/s1. The van der Waals surface area contributed by atoms with Crippen molar-refractivity contribution >= 4 is 18.0 Å². The smallest absolute Gasteiger partial charge is 0.407 e. The normalized spacial score (nSPS) is 13.1. The maximum Gasteiger partial charge on any atom is 0.407 e. The van der Waals surface area contributed by atoms with Gasteiger partial charge in [-0.25, -0.2) is 4.79 Å². The Morgan fingerprint density at radius 2 is 1.62 bits per heavy atom. The maximum absolute atomic E-state index is 12.3. The molecule has 0 radical (unpaired) electrons. The summed E-state index contributed by atoms with van der Waals surface area (Å²) in [6.45, 7) is 0.136.